The molecule has 252 valence electrons. The number of rotatable bonds is 3. The van der Waals surface area contributed by atoms with E-state index in [9.17, 15) is 30.6 Å². The maximum Gasteiger partial charge on any atom is 0.135 e. The van der Waals surface area contributed by atoms with Crippen LogP contribution in [0.4, 0.5) is 0 Å². The molecule has 0 radical (unpaired) electrons. The van der Waals surface area contributed by atoms with Gasteiger partial charge in [-0.25, -0.2) is 0 Å². The van der Waals surface area contributed by atoms with Crippen molar-refractivity contribution in [3.63, 3.8) is 0 Å². The molecule has 0 bridgehead atoms. The van der Waals surface area contributed by atoms with Crippen LogP contribution in [0.2, 0.25) is 0 Å². The van der Waals surface area contributed by atoms with E-state index in [1.165, 1.54) is 0 Å². The molecule has 0 spiro atoms. The minimum absolute atomic E-state index is 0.00268. The van der Waals surface area contributed by atoms with Crippen molar-refractivity contribution < 1.29 is 44.8 Å². The van der Waals surface area contributed by atoms with Gasteiger partial charge in [0.15, 0.2) is 0 Å². The van der Waals surface area contributed by atoms with Crippen molar-refractivity contribution in [1.82, 2.24) is 0 Å². The van der Waals surface area contributed by atoms with E-state index in [-0.39, 0.29) is 34.5 Å². The highest BCUT2D eigenvalue weighted by atomic mass is 16.5. The summed E-state index contributed by atoms with van der Waals surface area (Å²) in [6, 6.07) is 30.5. The number of ether oxygens (including phenoxy) is 3. The lowest BCUT2D eigenvalue weighted by molar-refractivity contribution is 0.219. The lowest BCUT2D eigenvalue weighted by Gasteiger charge is -2.26. The van der Waals surface area contributed by atoms with Crippen LogP contribution in [0.1, 0.15) is 86.1 Å². The number of phenols is 6. The molecule has 0 fully saturated rings. The van der Waals surface area contributed by atoms with Gasteiger partial charge in [-0.1, -0.05) is 36.4 Å². The normalized spacial score (nSPS) is 23.1. The van der Waals surface area contributed by atoms with E-state index in [1.807, 2.05) is 0 Å². The number of benzene rings is 6. The monoisotopic (exact) mass is 678 g/mol. The Hall–Kier alpha value is -6.48. The fraction of sp³-hybridized carbons (Fsp3) is 0.143. The molecule has 6 aromatic rings. The van der Waals surface area contributed by atoms with E-state index in [0.29, 0.717) is 17.2 Å². The van der Waals surface area contributed by atoms with E-state index >= 15 is 0 Å². The lowest BCUT2D eigenvalue weighted by atomic mass is 9.76. The standard InChI is InChI=1S/C42H30O9/c43-22-7-1-19(2-8-22)40-37-28-13-25(46)17-32-35(28)39(42(50-32)21-5-11-24(45)12-6-21)30-15-27(48)18-33-36(30)38(29-14-26(47)16-31(49-40)34(29)37)41(51-33)20-3-9-23(44)10-4-20/h1-18,37-48H/t37-,38-,39+,40?,41+,42-/m1/s1. The van der Waals surface area contributed by atoms with Gasteiger partial charge in [0.05, 0.1) is 17.8 Å². The van der Waals surface area contributed by atoms with E-state index in [2.05, 4.69) is 0 Å². The zero-order chi connectivity index (χ0) is 34.7. The predicted octanol–water partition coefficient (Wildman–Crippen LogP) is 8.03. The highest BCUT2D eigenvalue weighted by molar-refractivity contribution is 5.70. The molecule has 0 amide bonds. The first-order valence-electron chi connectivity index (χ1n) is 16.7. The Morgan fingerprint density at radius 1 is 0.314 bits per heavy atom. The van der Waals surface area contributed by atoms with Crippen LogP contribution in [0.15, 0.2) is 109 Å². The van der Waals surface area contributed by atoms with Crippen LogP contribution >= 0.6 is 0 Å². The molecule has 1 aliphatic carbocycles. The van der Waals surface area contributed by atoms with E-state index in [1.54, 1.807) is 109 Å². The summed E-state index contributed by atoms with van der Waals surface area (Å²) in [5.41, 5.74) is 6.97. The molecule has 0 saturated carbocycles. The predicted molar refractivity (Wildman–Crippen MR) is 184 cm³/mol. The lowest BCUT2D eigenvalue weighted by Crippen LogP contribution is -2.16. The summed E-state index contributed by atoms with van der Waals surface area (Å²) in [7, 11) is 0. The maximum atomic E-state index is 11.3. The minimum atomic E-state index is -0.635. The summed E-state index contributed by atoms with van der Waals surface area (Å²) >= 11 is 0. The quantitative estimate of drug-likeness (QED) is 0.109. The van der Waals surface area contributed by atoms with Crippen LogP contribution in [-0.2, 0) is 0 Å². The topological polar surface area (TPSA) is 149 Å². The molecule has 9 nitrogen and oxygen atoms in total. The number of phenolic OH excluding ortho intramolecular Hbond substituents is 6. The second kappa shape index (κ2) is 10.5. The number of hydrogen-bond acceptors (Lipinski definition) is 9. The molecular weight excluding hydrogens is 648 g/mol. The second-order valence-corrected chi connectivity index (χ2v) is 13.7. The third-order valence-electron chi connectivity index (χ3n) is 10.7. The number of aromatic hydroxyl groups is 6. The third kappa shape index (κ3) is 4.34. The highest BCUT2D eigenvalue weighted by Crippen LogP contribution is 2.65. The van der Waals surface area contributed by atoms with Crippen LogP contribution in [0.25, 0.3) is 0 Å². The highest BCUT2D eigenvalue weighted by Gasteiger charge is 2.52. The number of fused-ring (bicyclic) bond motifs is 3. The zero-order valence-corrected chi connectivity index (χ0v) is 26.8. The Morgan fingerprint density at radius 3 is 0.824 bits per heavy atom. The molecule has 0 aromatic heterocycles. The molecule has 9 heteroatoms. The van der Waals surface area contributed by atoms with Crippen LogP contribution in [0, 0.1) is 0 Å². The van der Waals surface area contributed by atoms with Crippen molar-refractivity contribution >= 4 is 0 Å². The first-order valence-corrected chi connectivity index (χ1v) is 16.7. The number of hydrogen-bond donors (Lipinski definition) is 6. The molecule has 6 aromatic carbocycles. The first-order chi connectivity index (χ1) is 24.7. The largest absolute Gasteiger partial charge is 0.508 e. The van der Waals surface area contributed by atoms with Crippen molar-refractivity contribution in [2.75, 3.05) is 0 Å². The third-order valence-corrected chi connectivity index (χ3v) is 10.7. The van der Waals surface area contributed by atoms with Gasteiger partial charge in [-0.2, -0.15) is 0 Å². The fourth-order valence-corrected chi connectivity index (χ4v) is 8.76. The van der Waals surface area contributed by atoms with Gasteiger partial charge in [-0.15, -0.1) is 0 Å². The Bertz CT molecular complexity index is 2120. The summed E-state index contributed by atoms with van der Waals surface area (Å²) in [5.74, 6) is 0.123. The molecule has 6 N–H and O–H groups in total. The van der Waals surface area contributed by atoms with E-state index in [4.69, 9.17) is 14.2 Å². The minimum Gasteiger partial charge on any atom is -0.508 e. The smallest absolute Gasteiger partial charge is 0.135 e. The van der Waals surface area contributed by atoms with Gasteiger partial charge in [0.1, 0.15) is 70.1 Å². The Morgan fingerprint density at radius 2 is 0.569 bits per heavy atom. The van der Waals surface area contributed by atoms with Crippen molar-refractivity contribution in [1.29, 1.82) is 0 Å². The SMILES string of the molecule is Oc1ccc(C2Oc3cc(O)cc4c3[C@H]2c2cc(O)cc3c2[C@H](c2cc(O)cc5c2[C@@H]4[C@H](c2ccc(O)cc2)O5)[C@@H](c2ccc(O)cc2)O3)cc1. The van der Waals surface area contributed by atoms with Gasteiger partial charge >= 0.3 is 0 Å². The molecular formula is C42H30O9. The summed E-state index contributed by atoms with van der Waals surface area (Å²) in [6.45, 7) is 0. The van der Waals surface area contributed by atoms with Crippen molar-refractivity contribution in [2.45, 2.75) is 36.1 Å². The van der Waals surface area contributed by atoms with Gasteiger partial charge in [-0.05, 0) is 88.0 Å². The van der Waals surface area contributed by atoms with Gasteiger partial charge in [-0.3, -0.25) is 0 Å². The molecule has 6 atom stereocenters. The Kier molecular flexibility index (Phi) is 6.07. The zero-order valence-electron chi connectivity index (χ0n) is 26.8. The molecule has 51 heavy (non-hydrogen) atoms. The van der Waals surface area contributed by atoms with Gasteiger partial charge < -0.3 is 44.8 Å². The van der Waals surface area contributed by atoms with Crippen LogP contribution in [0.5, 0.6) is 51.7 Å². The molecule has 0 saturated heterocycles. The van der Waals surface area contributed by atoms with Crippen LogP contribution in [-0.4, -0.2) is 30.6 Å². The maximum absolute atomic E-state index is 11.3. The first kappa shape index (κ1) is 29.4. The Labute approximate surface area is 291 Å². The second-order valence-electron chi connectivity index (χ2n) is 13.7. The summed E-state index contributed by atoms with van der Waals surface area (Å²) in [4.78, 5) is 0. The summed E-state index contributed by atoms with van der Waals surface area (Å²) < 4.78 is 20.3. The van der Waals surface area contributed by atoms with Crippen molar-refractivity contribution in [2.24, 2.45) is 0 Å². The Balaban J connectivity index is 1.33. The van der Waals surface area contributed by atoms with Crippen molar-refractivity contribution in [3.05, 3.63) is 159 Å². The molecule has 1 unspecified atom stereocenters. The summed E-state index contributed by atoms with van der Waals surface area (Å²) in [6.07, 6.45) is -1.91. The molecule has 3 heterocycles. The fourth-order valence-electron chi connectivity index (χ4n) is 8.76. The molecule has 4 aliphatic rings. The van der Waals surface area contributed by atoms with Gasteiger partial charge in [0.25, 0.3) is 0 Å². The van der Waals surface area contributed by atoms with E-state index < -0.39 is 36.1 Å². The van der Waals surface area contributed by atoms with Crippen LogP contribution in [0.3, 0.4) is 0 Å². The molecule has 10 rings (SSSR count). The van der Waals surface area contributed by atoms with Crippen LogP contribution < -0.4 is 14.2 Å². The molecule has 3 aliphatic heterocycles. The average molecular weight is 679 g/mol. The summed E-state index contributed by atoms with van der Waals surface area (Å²) in [5, 5.41) is 64.5. The van der Waals surface area contributed by atoms with E-state index in [0.717, 1.165) is 50.1 Å². The van der Waals surface area contributed by atoms with Gasteiger partial charge in [0, 0.05) is 34.9 Å². The van der Waals surface area contributed by atoms with Gasteiger partial charge in [0.2, 0.25) is 0 Å². The van der Waals surface area contributed by atoms with Crippen molar-refractivity contribution in [3.8, 4) is 51.7 Å². The average Bonchev–Trinajstić information content (AvgIpc) is 3.80.